The van der Waals surface area contributed by atoms with Crippen LogP contribution >= 0.6 is 0 Å². The Morgan fingerprint density at radius 2 is 1.68 bits per heavy atom. The maximum Gasteiger partial charge on any atom is 0.229 e. The quantitative estimate of drug-likeness (QED) is 0.620. The van der Waals surface area contributed by atoms with E-state index in [1.54, 1.807) is 19.2 Å². The Morgan fingerprint density at radius 3 is 2.36 bits per heavy atom. The standard InChI is InChI=1S/C21H22N4O3/c1-3-28-18-7-5-4-6-17(18)22-19-12-13-20(25-24-19)23-21(26)14-15-8-10-16(27-2)11-9-15/h4-13H,3,14H2,1-2H3,(H,22,24)(H,23,25,26). The molecule has 7 nitrogen and oxygen atoms in total. The molecule has 0 fully saturated rings. The van der Waals surface area contributed by atoms with Gasteiger partial charge in [-0.05, 0) is 48.9 Å². The number of ether oxygens (including phenoxy) is 2. The molecule has 0 aliphatic rings. The molecule has 7 heteroatoms. The van der Waals surface area contributed by atoms with Gasteiger partial charge in [-0.1, -0.05) is 24.3 Å². The average Bonchev–Trinajstić information content (AvgIpc) is 2.71. The number of carbonyl (C=O) groups is 1. The molecule has 0 spiro atoms. The third kappa shape index (κ3) is 5.20. The predicted octanol–water partition coefficient (Wildman–Crippen LogP) is 3.81. The van der Waals surface area contributed by atoms with Crippen LogP contribution in [0.15, 0.2) is 60.7 Å². The number of hydrogen-bond acceptors (Lipinski definition) is 6. The SMILES string of the molecule is CCOc1ccccc1Nc1ccc(NC(=O)Cc2ccc(OC)cc2)nn1. The summed E-state index contributed by atoms with van der Waals surface area (Å²) in [5.41, 5.74) is 1.69. The van der Waals surface area contributed by atoms with Crippen molar-refractivity contribution in [3.8, 4) is 11.5 Å². The van der Waals surface area contributed by atoms with E-state index in [0.717, 1.165) is 22.7 Å². The maximum atomic E-state index is 12.2. The van der Waals surface area contributed by atoms with Gasteiger partial charge in [0.15, 0.2) is 11.6 Å². The molecule has 3 aromatic rings. The molecule has 3 rings (SSSR count). The Morgan fingerprint density at radius 1 is 0.964 bits per heavy atom. The van der Waals surface area contributed by atoms with Crippen molar-refractivity contribution < 1.29 is 14.3 Å². The van der Waals surface area contributed by atoms with Crippen molar-refractivity contribution in [1.82, 2.24) is 10.2 Å². The number of nitrogens with one attached hydrogen (secondary N) is 2. The first-order chi connectivity index (χ1) is 13.7. The van der Waals surface area contributed by atoms with Crippen LogP contribution in [-0.2, 0) is 11.2 Å². The van der Waals surface area contributed by atoms with Crippen LogP contribution in [0.1, 0.15) is 12.5 Å². The number of anilines is 3. The predicted molar refractivity (Wildman–Crippen MR) is 108 cm³/mol. The molecule has 28 heavy (non-hydrogen) atoms. The third-order valence-electron chi connectivity index (χ3n) is 3.91. The maximum absolute atomic E-state index is 12.2. The molecular formula is C21H22N4O3. The summed E-state index contributed by atoms with van der Waals surface area (Å²) in [6, 6.07) is 18.4. The Kier molecular flexibility index (Phi) is 6.41. The number of aromatic nitrogens is 2. The van der Waals surface area contributed by atoms with Gasteiger partial charge in [0.1, 0.15) is 11.5 Å². The highest BCUT2D eigenvalue weighted by atomic mass is 16.5. The second kappa shape index (κ2) is 9.36. The van der Waals surface area contributed by atoms with E-state index in [1.807, 2.05) is 55.5 Å². The first-order valence-corrected chi connectivity index (χ1v) is 8.93. The second-order valence-electron chi connectivity index (χ2n) is 5.93. The Labute approximate surface area is 163 Å². The van der Waals surface area contributed by atoms with Crippen LogP contribution < -0.4 is 20.1 Å². The van der Waals surface area contributed by atoms with E-state index in [-0.39, 0.29) is 12.3 Å². The fraction of sp³-hybridized carbons (Fsp3) is 0.190. The lowest BCUT2D eigenvalue weighted by Crippen LogP contribution is -2.15. The van der Waals surface area contributed by atoms with Gasteiger partial charge in [-0.25, -0.2) is 0 Å². The number of benzene rings is 2. The van der Waals surface area contributed by atoms with Crippen LogP contribution in [-0.4, -0.2) is 29.8 Å². The molecule has 0 radical (unpaired) electrons. The summed E-state index contributed by atoms with van der Waals surface area (Å²) in [6.07, 6.45) is 0.243. The Hall–Kier alpha value is -3.61. The summed E-state index contributed by atoms with van der Waals surface area (Å²) in [5, 5.41) is 14.1. The lowest BCUT2D eigenvalue weighted by atomic mass is 10.1. The molecule has 1 heterocycles. The van der Waals surface area contributed by atoms with Gasteiger partial charge >= 0.3 is 0 Å². The summed E-state index contributed by atoms with van der Waals surface area (Å²) in [6.45, 7) is 2.50. The van der Waals surface area contributed by atoms with Gasteiger partial charge in [0.25, 0.3) is 0 Å². The first-order valence-electron chi connectivity index (χ1n) is 8.93. The zero-order valence-electron chi connectivity index (χ0n) is 15.8. The average molecular weight is 378 g/mol. The molecule has 0 atom stereocenters. The van der Waals surface area contributed by atoms with Gasteiger partial charge in [-0.3, -0.25) is 4.79 Å². The number of carbonyl (C=O) groups excluding carboxylic acids is 1. The topological polar surface area (TPSA) is 85.4 Å². The number of rotatable bonds is 8. The summed E-state index contributed by atoms with van der Waals surface area (Å²) in [7, 11) is 1.61. The molecule has 1 amide bonds. The number of methoxy groups -OCH3 is 1. The van der Waals surface area contributed by atoms with Crippen LogP contribution in [0.2, 0.25) is 0 Å². The van der Waals surface area contributed by atoms with Crippen LogP contribution in [0.4, 0.5) is 17.3 Å². The zero-order valence-corrected chi connectivity index (χ0v) is 15.8. The van der Waals surface area contributed by atoms with Crippen LogP contribution in [0.5, 0.6) is 11.5 Å². The van der Waals surface area contributed by atoms with Gasteiger partial charge in [0.05, 0.1) is 25.8 Å². The number of amides is 1. The van der Waals surface area contributed by atoms with Gasteiger partial charge in [-0.2, -0.15) is 0 Å². The zero-order chi connectivity index (χ0) is 19.8. The second-order valence-corrected chi connectivity index (χ2v) is 5.93. The largest absolute Gasteiger partial charge is 0.497 e. The molecule has 0 unspecified atom stereocenters. The summed E-state index contributed by atoms with van der Waals surface area (Å²) >= 11 is 0. The molecule has 0 aliphatic heterocycles. The fourth-order valence-corrected chi connectivity index (χ4v) is 2.57. The van der Waals surface area contributed by atoms with Crippen molar-refractivity contribution in [2.45, 2.75) is 13.3 Å². The van der Waals surface area contributed by atoms with E-state index in [2.05, 4.69) is 20.8 Å². The summed E-state index contributed by atoms with van der Waals surface area (Å²) in [5.74, 6) is 2.28. The molecule has 0 aliphatic carbocycles. The van der Waals surface area contributed by atoms with Gasteiger partial charge in [-0.15, -0.1) is 10.2 Å². The van der Waals surface area contributed by atoms with Crippen molar-refractivity contribution in [3.63, 3.8) is 0 Å². The molecule has 2 aromatic carbocycles. The van der Waals surface area contributed by atoms with E-state index >= 15 is 0 Å². The van der Waals surface area contributed by atoms with Crippen LogP contribution in [0, 0.1) is 0 Å². The van der Waals surface area contributed by atoms with Crippen molar-refractivity contribution >= 4 is 23.2 Å². The fourth-order valence-electron chi connectivity index (χ4n) is 2.57. The molecule has 0 bridgehead atoms. The van der Waals surface area contributed by atoms with E-state index < -0.39 is 0 Å². The highest BCUT2D eigenvalue weighted by Crippen LogP contribution is 2.26. The smallest absolute Gasteiger partial charge is 0.229 e. The lowest BCUT2D eigenvalue weighted by Gasteiger charge is -2.11. The van der Waals surface area contributed by atoms with Gasteiger partial charge in [0.2, 0.25) is 5.91 Å². The summed E-state index contributed by atoms with van der Waals surface area (Å²) in [4.78, 5) is 12.2. The number of hydrogen-bond donors (Lipinski definition) is 2. The molecule has 1 aromatic heterocycles. The Bertz CT molecular complexity index is 912. The highest BCUT2D eigenvalue weighted by Gasteiger charge is 2.07. The monoisotopic (exact) mass is 378 g/mol. The van der Waals surface area contributed by atoms with Crippen molar-refractivity contribution in [1.29, 1.82) is 0 Å². The minimum absolute atomic E-state index is 0.165. The Balaban J connectivity index is 1.58. The number of para-hydroxylation sites is 2. The molecule has 144 valence electrons. The lowest BCUT2D eigenvalue weighted by molar-refractivity contribution is -0.115. The molecule has 0 saturated heterocycles. The minimum Gasteiger partial charge on any atom is -0.497 e. The molecule has 0 saturated carbocycles. The normalized spacial score (nSPS) is 10.2. The van der Waals surface area contributed by atoms with E-state index in [9.17, 15) is 4.79 Å². The van der Waals surface area contributed by atoms with Crippen molar-refractivity contribution in [2.75, 3.05) is 24.4 Å². The minimum atomic E-state index is -0.165. The number of nitrogens with zero attached hydrogens (tertiary/aromatic N) is 2. The van der Waals surface area contributed by atoms with Crippen molar-refractivity contribution in [3.05, 3.63) is 66.2 Å². The van der Waals surface area contributed by atoms with E-state index in [0.29, 0.717) is 18.2 Å². The van der Waals surface area contributed by atoms with Crippen molar-refractivity contribution in [2.24, 2.45) is 0 Å². The van der Waals surface area contributed by atoms with Gasteiger partial charge in [0, 0.05) is 0 Å². The first kappa shape index (κ1) is 19.2. The van der Waals surface area contributed by atoms with Crippen LogP contribution in [0.25, 0.3) is 0 Å². The van der Waals surface area contributed by atoms with Gasteiger partial charge < -0.3 is 20.1 Å². The van der Waals surface area contributed by atoms with E-state index in [4.69, 9.17) is 9.47 Å². The highest BCUT2D eigenvalue weighted by molar-refractivity contribution is 5.91. The molecule has 2 N–H and O–H groups in total. The van der Waals surface area contributed by atoms with E-state index in [1.165, 1.54) is 0 Å². The third-order valence-corrected chi connectivity index (χ3v) is 3.91. The summed E-state index contributed by atoms with van der Waals surface area (Å²) < 4.78 is 10.7. The molecular weight excluding hydrogens is 356 g/mol. The van der Waals surface area contributed by atoms with Crippen LogP contribution in [0.3, 0.4) is 0 Å².